The number of aromatic nitrogens is 1. The van der Waals surface area contributed by atoms with E-state index in [2.05, 4.69) is 29.2 Å². The third kappa shape index (κ3) is 5.41. The summed E-state index contributed by atoms with van der Waals surface area (Å²) in [6.45, 7) is 4.82. The summed E-state index contributed by atoms with van der Waals surface area (Å²) in [6, 6.07) is 13.3. The second kappa shape index (κ2) is 10.0. The summed E-state index contributed by atoms with van der Waals surface area (Å²) in [4.78, 5) is 28.9. The highest BCUT2D eigenvalue weighted by Crippen LogP contribution is 2.09. The van der Waals surface area contributed by atoms with Gasteiger partial charge in [-0.25, -0.2) is 0 Å². The van der Waals surface area contributed by atoms with Crippen LogP contribution in [-0.4, -0.2) is 66.7 Å². The molecule has 0 bridgehead atoms. The van der Waals surface area contributed by atoms with E-state index >= 15 is 0 Å². The van der Waals surface area contributed by atoms with E-state index in [0.29, 0.717) is 31.8 Å². The largest absolute Gasteiger partial charge is 0.383 e. The van der Waals surface area contributed by atoms with Crippen LogP contribution in [0.2, 0.25) is 0 Å². The van der Waals surface area contributed by atoms with E-state index in [-0.39, 0.29) is 11.5 Å². The number of nitrogens with zero attached hydrogens (tertiary/aromatic N) is 3. The summed E-state index contributed by atoms with van der Waals surface area (Å²) in [7, 11) is 1.59. The van der Waals surface area contributed by atoms with Crippen molar-refractivity contribution in [2.45, 2.75) is 6.54 Å². The Kier molecular flexibility index (Phi) is 7.17. The number of carbonyl (C=O) groups is 1. The van der Waals surface area contributed by atoms with Crippen molar-refractivity contribution in [2.24, 2.45) is 0 Å². The summed E-state index contributed by atoms with van der Waals surface area (Å²) >= 11 is 0. The van der Waals surface area contributed by atoms with Crippen LogP contribution >= 0.6 is 0 Å². The normalized spacial score (nSPS) is 15.2. The lowest BCUT2D eigenvalue weighted by atomic mass is 10.2. The van der Waals surface area contributed by atoms with Gasteiger partial charge >= 0.3 is 0 Å². The van der Waals surface area contributed by atoms with E-state index < -0.39 is 0 Å². The monoisotopic (exact) mass is 381 g/mol. The molecular formula is C22H27N3O3. The minimum Gasteiger partial charge on any atom is -0.383 e. The van der Waals surface area contributed by atoms with E-state index in [1.165, 1.54) is 16.2 Å². The number of benzene rings is 1. The predicted octanol–water partition coefficient (Wildman–Crippen LogP) is 1.97. The Hall–Kier alpha value is -2.70. The van der Waals surface area contributed by atoms with Gasteiger partial charge in [-0.15, -0.1) is 0 Å². The van der Waals surface area contributed by atoms with Gasteiger partial charge in [0.2, 0.25) is 0 Å². The van der Waals surface area contributed by atoms with E-state index in [9.17, 15) is 9.59 Å². The molecule has 0 saturated carbocycles. The quantitative estimate of drug-likeness (QED) is 0.736. The van der Waals surface area contributed by atoms with Crippen molar-refractivity contribution < 1.29 is 9.53 Å². The first-order valence-corrected chi connectivity index (χ1v) is 9.60. The minimum absolute atomic E-state index is 0.0226. The van der Waals surface area contributed by atoms with Crippen LogP contribution in [0.4, 0.5) is 0 Å². The molecule has 0 unspecified atom stereocenters. The number of piperazine rings is 1. The fourth-order valence-corrected chi connectivity index (χ4v) is 3.24. The van der Waals surface area contributed by atoms with Gasteiger partial charge in [0.25, 0.3) is 11.5 Å². The highest BCUT2D eigenvalue weighted by molar-refractivity contribution is 5.94. The first-order valence-electron chi connectivity index (χ1n) is 9.60. The zero-order chi connectivity index (χ0) is 19.8. The van der Waals surface area contributed by atoms with E-state index in [0.717, 1.165) is 19.6 Å². The predicted molar refractivity (Wildman–Crippen MR) is 110 cm³/mol. The van der Waals surface area contributed by atoms with E-state index in [4.69, 9.17) is 4.74 Å². The molecule has 1 saturated heterocycles. The average molecular weight is 381 g/mol. The van der Waals surface area contributed by atoms with Crippen LogP contribution in [0.3, 0.4) is 0 Å². The molecule has 28 heavy (non-hydrogen) atoms. The molecule has 1 aliphatic heterocycles. The van der Waals surface area contributed by atoms with E-state index in [1.807, 2.05) is 23.1 Å². The topological polar surface area (TPSA) is 54.8 Å². The zero-order valence-electron chi connectivity index (χ0n) is 16.3. The maximum atomic E-state index is 12.8. The smallest absolute Gasteiger partial charge is 0.255 e. The van der Waals surface area contributed by atoms with Gasteiger partial charge in [-0.3, -0.25) is 14.5 Å². The molecule has 148 valence electrons. The summed E-state index contributed by atoms with van der Waals surface area (Å²) in [6.07, 6.45) is 5.93. The van der Waals surface area contributed by atoms with Gasteiger partial charge in [-0.1, -0.05) is 42.5 Å². The summed E-state index contributed by atoms with van der Waals surface area (Å²) in [5, 5.41) is 0. The number of ether oxygens (including phenoxy) is 1. The molecule has 6 heteroatoms. The highest BCUT2D eigenvalue weighted by atomic mass is 16.5. The van der Waals surface area contributed by atoms with Crippen molar-refractivity contribution in [3.63, 3.8) is 0 Å². The Bertz CT molecular complexity index is 853. The van der Waals surface area contributed by atoms with Crippen molar-refractivity contribution in [3.05, 3.63) is 76.2 Å². The Labute approximate surface area is 165 Å². The van der Waals surface area contributed by atoms with Crippen LogP contribution in [0.15, 0.2) is 59.5 Å². The van der Waals surface area contributed by atoms with Crippen LogP contribution in [0.1, 0.15) is 15.9 Å². The van der Waals surface area contributed by atoms with Gasteiger partial charge in [-0.05, 0) is 11.6 Å². The molecule has 0 N–H and O–H groups in total. The van der Waals surface area contributed by atoms with Gasteiger partial charge in [0.1, 0.15) is 0 Å². The molecule has 6 nitrogen and oxygen atoms in total. The Balaban J connectivity index is 1.52. The number of methoxy groups -OCH3 is 1. The van der Waals surface area contributed by atoms with Gasteiger partial charge < -0.3 is 14.2 Å². The molecule has 0 atom stereocenters. The first kappa shape index (κ1) is 20.0. The lowest BCUT2D eigenvalue weighted by molar-refractivity contribution is 0.0649. The second-order valence-electron chi connectivity index (χ2n) is 6.85. The molecule has 0 spiro atoms. The number of rotatable bonds is 7. The first-order chi connectivity index (χ1) is 13.7. The lowest BCUT2D eigenvalue weighted by Gasteiger charge is -2.34. The SMILES string of the molecule is COCCn1cc(C(=O)N2CCN(C/C=C/c3ccccc3)CC2)ccc1=O. The van der Waals surface area contributed by atoms with E-state index in [1.54, 1.807) is 19.4 Å². The van der Waals surface area contributed by atoms with Gasteiger partial charge in [0.05, 0.1) is 12.2 Å². The molecule has 1 aliphatic rings. The third-order valence-corrected chi connectivity index (χ3v) is 4.90. The second-order valence-corrected chi connectivity index (χ2v) is 6.85. The Morgan fingerprint density at radius 1 is 1.07 bits per heavy atom. The van der Waals surface area contributed by atoms with Gasteiger partial charge in [-0.2, -0.15) is 0 Å². The molecule has 2 heterocycles. The van der Waals surface area contributed by atoms with Crippen molar-refractivity contribution in [2.75, 3.05) is 46.4 Å². The number of amides is 1. The molecule has 1 aromatic heterocycles. The molecule has 3 rings (SSSR count). The van der Waals surface area contributed by atoms with Crippen LogP contribution in [0.5, 0.6) is 0 Å². The fraction of sp³-hybridized carbons (Fsp3) is 0.364. The number of pyridine rings is 1. The maximum Gasteiger partial charge on any atom is 0.255 e. The maximum absolute atomic E-state index is 12.8. The summed E-state index contributed by atoms with van der Waals surface area (Å²) < 4.78 is 6.55. The van der Waals surface area contributed by atoms with Crippen molar-refractivity contribution in [3.8, 4) is 0 Å². The molecule has 0 radical (unpaired) electrons. The minimum atomic E-state index is -0.122. The molecule has 1 aromatic carbocycles. The molecule has 0 aliphatic carbocycles. The standard InChI is InChI=1S/C22H27N3O3/c1-28-17-16-25-18-20(9-10-21(25)26)22(27)24-14-12-23(13-15-24)11-5-8-19-6-3-2-4-7-19/h2-10,18H,11-17H2,1H3/b8-5+. The third-order valence-electron chi connectivity index (χ3n) is 4.90. The van der Waals surface area contributed by atoms with Crippen molar-refractivity contribution in [1.29, 1.82) is 0 Å². The number of hydrogen-bond acceptors (Lipinski definition) is 4. The molecule has 1 fully saturated rings. The van der Waals surface area contributed by atoms with Crippen LogP contribution in [-0.2, 0) is 11.3 Å². The van der Waals surface area contributed by atoms with Gasteiger partial charge in [0, 0.05) is 58.6 Å². The molecular weight excluding hydrogens is 354 g/mol. The number of hydrogen-bond donors (Lipinski definition) is 0. The van der Waals surface area contributed by atoms with Crippen LogP contribution < -0.4 is 5.56 Å². The Morgan fingerprint density at radius 2 is 1.82 bits per heavy atom. The average Bonchev–Trinajstić information content (AvgIpc) is 2.74. The zero-order valence-corrected chi connectivity index (χ0v) is 16.3. The molecule has 2 aromatic rings. The summed E-state index contributed by atoms with van der Waals surface area (Å²) in [5.74, 6) is -0.0226. The summed E-state index contributed by atoms with van der Waals surface area (Å²) in [5.41, 5.74) is 1.62. The molecule has 1 amide bonds. The van der Waals surface area contributed by atoms with Gasteiger partial charge in [0.15, 0.2) is 0 Å². The highest BCUT2D eigenvalue weighted by Gasteiger charge is 2.22. The fourth-order valence-electron chi connectivity index (χ4n) is 3.24. The van der Waals surface area contributed by atoms with Crippen molar-refractivity contribution >= 4 is 12.0 Å². The lowest BCUT2D eigenvalue weighted by Crippen LogP contribution is -2.48. The van der Waals surface area contributed by atoms with Crippen LogP contribution in [0.25, 0.3) is 6.08 Å². The Morgan fingerprint density at radius 3 is 2.54 bits per heavy atom. The van der Waals surface area contributed by atoms with Crippen LogP contribution in [0, 0.1) is 0 Å². The van der Waals surface area contributed by atoms with Crippen molar-refractivity contribution in [1.82, 2.24) is 14.4 Å². The number of carbonyl (C=O) groups excluding carboxylic acids is 1.